The van der Waals surface area contributed by atoms with Crippen molar-refractivity contribution in [3.63, 3.8) is 0 Å². The lowest BCUT2D eigenvalue weighted by Crippen LogP contribution is -2.30. The normalized spacial score (nSPS) is 12.9. The number of aryl methyl sites for hydroxylation is 1. The Morgan fingerprint density at radius 2 is 1.96 bits per heavy atom. The molecule has 2 aromatic carbocycles. The van der Waals surface area contributed by atoms with Gasteiger partial charge in [-0.15, -0.1) is 0 Å². The first-order valence-electron chi connectivity index (χ1n) is 8.75. The minimum atomic E-state index is -0.227. The molecule has 0 fully saturated rings. The van der Waals surface area contributed by atoms with E-state index in [9.17, 15) is 4.79 Å². The number of anilines is 4. The summed E-state index contributed by atoms with van der Waals surface area (Å²) in [5.41, 5.74) is 9.45. The number of carbonyl (C=O) groups is 1. The number of amides is 1. The Hall–Kier alpha value is -3.54. The smallest absolute Gasteiger partial charge is 0.259 e. The number of fused-ring (bicyclic) bond motifs is 1. The number of nitrogen functional groups attached to an aromatic ring is 1. The molecule has 3 N–H and O–H groups in total. The maximum absolute atomic E-state index is 12.8. The zero-order valence-electron chi connectivity index (χ0n) is 15.0. The van der Waals surface area contributed by atoms with Gasteiger partial charge in [0, 0.05) is 17.6 Å². The quantitative estimate of drug-likeness (QED) is 0.695. The predicted octanol–water partition coefficient (Wildman–Crippen LogP) is 3.76. The number of aromatic nitrogens is 1. The number of nitrogens with two attached hydrogens (primary N) is 1. The first-order chi connectivity index (χ1) is 13.1. The van der Waals surface area contributed by atoms with E-state index < -0.39 is 0 Å². The summed E-state index contributed by atoms with van der Waals surface area (Å²) in [6.45, 7) is 3.16. The average molecular weight is 360 g/mol. The summed E-state index contributed by atoms with van der Waals surface area (Å²) < 4.78 is 5.86. The molecule has 4 rings (SSSR count). The van der Waals surface area contributed by atoms with Crippen molar-refractivity contribution in [2.45, 2.75) is 6.92 Å². The summed E-state index contributed by atoms with van der Waals surface area (Å²) in [4.78, 5) is 19.4. The fraction of sp³-hybridized carbons (Fsp3) is 0.143. The summed E-state index contributed by atoms with van der Waals surface area (Å²) in [7, 11) is 0. The third-order valence-corrected chi connectivity index (χ3v) is 4.43. The molecule has 1 aliphatic heterocycles. The Bertz CT molecular complexity index is 968. The van der Waals surface area contributed by atoms with Gasteiger partial charge in [0.1, 0.15) is 12.4 Å². The van der Waals surface area contributed by atoms with E-state index in [-0.39, 0.29) is 5.91 Å². The molecule has 3 aromatic rings. The van der Waals surface area contributed by atoms with Crippen LogP contribution in [0.3, 0.4) is 0 Å². The number of pyridine rings is 1. The molecule has 0 saturated carbocycles. The molecule has 0 bridgehead atoms. The standard InChI is InChI=1S/C21H20N4O2/c1-14-5-10-19(23-13-14)25-11-12-27-20-17(3-2-4-18(20)25)21(26)24-16-8-6-15(22)7-9-16/h2-10,13H,11-12,22H2,1H3,(H,24,26). The lowest BCUT2D eigenvalue weighted by atomic mass is 10.1. The van der Waals surface area contributed by atoms with Crippen LogP contribution in [-0.2, 0) is 0 Å². The van der Waals surface area contributed by atoms with Crippen LogP contribution in [0.5, 0.6) is 5.75 Å². The molecular weight excluding hydrogens is 340 g/mol. The maximum atomic E-state index is 12.8. The van der Waals surface area contributed by atoms with Crippen molar-refractivity contribution in [1.29, 1.82) is 0 Å². The van der Waals surface area contributed by atoms with Gasteiger partial charge >= 0.3 is 0 Å². The van der Waals surface area contributed by atoms with Crippen LogP contribution in [0.15, 0.2) is 60.8 Å². The largest absolute Gasteiger partial charge is 0.489 e. The molecule has 1 aliphatic rings. The Labute approximate surface area is 157 Å². The van der Waals surface area contributed by atoms with Crippen molar-refractivity contribution in [3.8, 4) is 5.75 Å². The second-order valence-electron chi connectivity index (χ2n) is 6.42. The van der Waals surface area contributed by atoms with Crippen LogP contribution >= 0.6 is 0 Å². The second-order valence-corrected chi connectivity index (χ2v) is 6.42. The van der Waals surface area contributed by atoms with Crippen LogP contribution in [0.2, 0.25) is 0 Å². The molecular formula is C21H20N4O2. The Balaban J connectivity index is 1.66. The summed E-state index contributed by atoms with van der Waals surface area (Å²) >= 11 is 0. The maximum Gasteiger partial charge on any atom is 0.259 e. The van der Waals surface area contributed by atoms with Gasteiger partial charge in [0.25, 0.3) is 5.91 Å². The monoisotopic (exact) mass is 360 g/mol. The Morgan fingerprint density at radius 3 is 2.70 bits per heavy atom. The number of carbonyl (C=O) groups excluding carboxylic acids is 1. The van der Waals surface area contributed by atoms with Crippen LogP contribution in [0, 0.1) is 6.92 Å². The minimum Gasteiger partial charge on any atom is -0.489 e. The number of benzene rings is 2. The first-order valence-corrected chi connectivity index (χ1v) is 8.75. The lowest BCUT2D eigenvalue weighted by molar-refractivity contribution is 0.102. The second kappa shape index (κ2) is 6.99. The van der Waals surface area contributed by atoms with E-state index in [0.717, 1.165) is 17.1 Å². The third-order valence-electron chi connectivity index (χ3n) is 4.43. The van der Waals surface area contributed by atoms with Gasteiger partial charge in [-0.25, -0.2) is 4.98 Å². The fourth-order valence-corrected chi connectivity index (χ4v) is 3.05. The van der Waals surface area contributed by atoms with Gasteiger partial charge in [0.05, 0.1) is 17.8 Å². The Morgan fingerprint density at radius 1 is 1.15 bits per heavy atom. The number of para-hydroxylation sites is 1. The van der Waals surface area contributed by atoms with E-state index in [4.69, 9.17) is 10.5 Å². The van der Waals surface area contributed by atoms with Crippen molar-refractivity contribution in [3.05, 3.63) is 71.9 Å². The van der Waals surface area contributed by atoms with E-state index in [0.29, 0.717) is 35.8 Å². The molecule has 27 heavy (non-hydrogen) atoms. The van der Waals surface area contributed by atoms with Crippen LogP contribution in [0.4, 0.5) is 22.9 Å². The fourth-order valence-electron chi connectivity index (χ4n) is 3.05. The van der Waals surface area contributed by atoms with Crippen LogP contribution in [-0.4, -0.2) is 24.0 Å². The molecule has 2 heterocycles. The Kier molecular flexibility index (Phi) is 4.38. The van der Waals surface area contributed by atoms with Crippen molar-refractivity contribution < 1.29 is 9.53 Å². The molecule has 1 amide bonds. The summed E-state index contributed by atoms with van der Waals surface area (Å²) in [6, 6.07) is 16.6. The highest BCUT2D eigenvalue weighted by Gasteiger charge is 2.25. The summed E-state index contributed by atoms with van der Waals surface area (Å²) in [5, 5.41) is 2.89. The molecule has 6 nitrogen and oxygen atoms in total. The SMILES string of the molecule is Cc1ccc(N2CCOc3c(C(=O)Nc4ccc(N)cc4)cccc32)nc1. The minimum absolute atomic E-state index is 0.227. The molecule has 1 aromatic heterocycles. The van der Waals surface area contributed by atoms with Crippen molar-refractivity contribution in [1.82, 2.24) is 4.98 Å². The van der Waals surface area contributed by atoms with Gasteiger partial charge in [-0.3, -0.25) is 4.79 Å². The number of hydrogen-bond donors (Lipinski definition) is 2. The van der Waals surface area contributed by atoms with Gasteiger partial charge in [-0.1, -0.05) is 12.1 Å². The highest BCUT2D eigenvalue weighted by Crippen LogP contribution is 2.38. The predicted molar refractivity (Wildman–Crippen MR) is 107 cm³/mol. The van der Waals surface area contributed by atoms with Gasteiger partial charge in [0.15, 0.2) is 5.75 Å². The van der Waals surface area contributed by atoms with Gasteiger partial charge in [-0.05, 0) is 55.0 Å². The highest BCUT2D eigenvalue weighted by atomic mass is 16.5. The molecule has 0 aliphatic carbocycles. The zero-order chi connectivity index (χ0) is 18.8. The number of nitrogens with zero attached hydrogens (tertiary/aromatic N) is 2. The van der Waals surface area contributed by atoms with Crippen LogP contribution in [0.1, 0.15) is 15.9 Å². The van der Waals surface area contributed by atoms with E-state index in [1.807, 2.05) is 37.4 Å². The van der Waals surface area contributed by atoms with E-state index in [1.165, 1.54) is 0 Å². The molecule has 0 radical (unpaired) electrons. The van der Waals surface area contributed by atoms with Gasteiger partial charge in [-0.2, -0.15) is 0 Å². The lowest BCUT2D eigenvalue weighted by Gasteiger charge is -2.31. The molecule has 0 spiro atoms. The zero-order valence-corrected chi connectivity index (χ0v) is 15.0. The summed E-state index contributed by atoms with van der Waals surface area (Å²) in [5.74, 6) is 1.18. The topological polar surface area (TPSA) is 80.5 Å². The molecule has 136 valence electrons. The van der Waals surface area contributed by atoms with Gasteiger partial charge in [0.2, 0.25) is 0 Å². The number of hydrogen-bond acceptors (Lipinski definition) is 5. The number of rotatable bonds is 3. The van der Waals surface area contributed by atoms with E-state index in [2.05, 4.69) is 15.2 Å². The van der Waals surface area contributed by atoms with Crippen molar-refractivity contribution in [2.75, 3.05) is 29.1 Å². The van der Waals surface area contributed by atoms with Crippen LogP contribution < -0.4 is 20.7 Å². The molecule has 0 atom stereocenters. The summed E-state index contributed by atoms with van der Waals surface area (Å²) in [6.07, 6.45) is 1.84. The highest BCUT2D eigenvalue weighted by molar-refractivity contribution is 6.07. The van der Waals surface area contributed by atoms with Crippen molar-refractivity contribution >= 4 is 28.8 Å². The average Bonchev–Trinajstić information content (AvgIpc) is 2.69. The molecule has 6 heteroatoms. The molecule has 0 unspecified atom stereocenters. The van der Waals surface area contributed by atoms with Gasteiger partial charge < -0.3 is 20.7 Å². The number of nitrogens with one attached hydrogen (secondary N) is 1. The van der Waals surface area contributed by atoms with E-state index in [1.54, 1.807) is 30.3 Å². The van der Waals surface area contributed by atoms with Crippen molar-refractivity contribution in [2.24, 2.45) is 0 Å². The molecule has 0 saturated heterocycles. The number of ether oxygens (including phenoxy) is 1. The van der Waals surface area contributed by atoms with Crippen LogP contribution in [0.25, 0.3) is 0 Å². The first kappa shape index (κ1) is 16.9. The third kappa shape index (κ3) is 3.42. The van der Waals surface area contributed by atoms with E-state index >= 15 is 0 Å².